The van der Waals surface area contributed by atoms with Crippen LogP contribution in [0.2, 0.25) is 0 Å². The highest BCUT2D eigenvalue weighted by atomic mass is 19.4. The molecule has 1 aliphatic rings. The Kier molecular flexibility index (Phi) is 27.0. The quantitative estimate of drug-likeness (QED) is 0.114. The number of hydrogen-bond donors (Lipinski definition) is 5. The molecule has 15 heteroatoms. The first-order valence-electron chi connectivity index (χ1n) is 15.0. The molecule has 1 heterocycles. The lowest BCUT2D eigenvalue weighted by atomic mass is 10.0. The summed E-state index contributed by atoms with van der Waals surface area (Å²) in [4.78, 5) is 17.4. The molecule has 2 atom stereocenters. The van der Waals surface area contributed by atoms with Gasteiger partial charge < -0.3 is 36.3 Å². The van der Waals surface area contributed by atoms with Crippen molar-refractivity contribution in [1.29, 1.82) is 0 Å². The van der Waals surface area contributed by atoms with E-state index in [1.165, 1.54) is 37.4 Å². The van der Waals surface area contributed by atoms with Gasteiger partial charge in [-0.15, -0.1) is 12.8 Å². The van der Waals surface area contributed by atoms with Crippen LogP contribution >= 0.6 is 0 Å². The molecule has 50 heavy (non-hydrogen) atoms. The molecule has 1 saturated heterocycles. The minimum atomic E-state index is -4.06. The third kappa shape index (κ3) is 23.8. The molecular formula is C35H45F7N4O4. The number of carbonyl (C=O) groups is 2. The second-order valence-corrected chi connectivity index (χ2v) is 10.1. The van der Waals surface area contributed by atoms with E-state index in [-0.39, 0.29) is 30.8 Å². The average molecular weight is 719 g/mol. The molecule has 0 radical (unpaired) electrons. The number of morpholine rings is 1. The number of nitrogens with one attached hydrogen (secondary N) is 3. The summed E-state index contributed by atoms with van der Waals surface area (Å²) in [6.07, 6.45) is 6.63. The number of carbonyl (C=O) groups excluding carboxylic acids is 1. The van der Waals surface area contributed by atoms with Crippen molar-refractivity contribution < 1.29 is 50.2 Å². The zero-order chi connectivity index (χ0) is 38.5. The fourth-order valence-electron chi connectivity index (χ4n) is 3.94. The van der Waals surface area contributed by atoms with Crippen LogP contribution in [-0.2, 0) is 27.2 Å². The lowest BCUT2D eigenvalue weighted by Gasteiger charge is -2.28. The van der Waals surface area contributed by atoms with Crippen molar-refractivity contribution in [2.45, 2.75) is 44.5 Å². The van der Waals surface area contributed by atoms with Crippen molar-refractivity contribution in [2.75, 3.05) is 45.7 Å². The number of halogens is 7. The molecule has 1 fully saturated rings. The van der Waals surface area contributed by atoms with Crippen molar-refractivity contribution >= 4 is 18.4 Å². The normalized spacial score (nSPS) is 14.4. The smallest absolute Gasteiger partial charge is 0.401 e. The van der Waals surface area contributed by atoms with Gasteiger partial charge in [-0.25, -0.2) is 17.6 Å². The molecule has 0 amide bonds. The molecule has 4 rings (SSSR count). The largest absolute Gasteiger partial charge is 0.483 e. The Morgan fingerprint density at radius 1 is 0.940 bits per heavy atom. The van der Waals surface area contributed by atoms with E-state index in [4.69, 9.17) is 19.4 Å². The topological polar surface area (TPSA) is 126 Å². The fraction of sp³-hybridized carbons (Fsp3) is 0.371. The monoisotopic (exact) mass is 718 g/mol. The Bertz CT molecular complexity index is 1290. The van der Waals surface area contributed by atoms with Crippen molar-refractivity contribution in [3.63, 3.8) is 0 Å². The van der Waals surface area contributed by atoms with Gasteiger partial charge in [-0.05, 0) is 74.7 Å². The van der Waals surface area contributed by atoms with Crippen LogP contribution in [0.5, 0.6) is 0 Å². The molecule has 3 aromatic rings. The first-order chi connectivity index (χ1) is 23.7. The van der Waals surface area contributed by atoms with Crippen molar-refractivity contribution in [1.82, 2.24) is 10.6 Å². The minimum absolute atomic E-state index is 0.0883. The van der Waals surface area contributed by atoms with E-state index in [1.807, 2.05) is 5.32 Å². The maximum Gasteiger partial charge on any atom is 0.401 e. The zero-order valence-corrected chi connectivity index (χ0v) is 28.1. The highest BCUT2D eigenvalue weighted by molar-refractivity contribution is 5.52. The van der Waals surface area contributed by atoms with E-state index < -0.39 is 24.4 Å². The summed E-state index contributed by atoms with van der Waals surface area (Å²) in [6, 6.07) is 15.3. The number of hydrogen-bond acceptors (Lipinski definition) is 7. The Labute approximate surface area is 288 Å². The molecule has 0 bridgehead atoms. The van der Waals surface area contributed by atoms with Crippen LogP contribution in [0, 0.1) is 36.1 Å². The van der Waals surface area contributed by atoms with Gasteiger partial charge in [0.2, 0.25) is 0 Å². The van der Waals surface area contributed by atoms with E-state index in [0.717, 1.165) is 30.2 Å². The van der Waals surface area contributed by atoms with E-state index in [1.54, 1.807) is 31.3 Å². The van der Waals surface area contributed by atoms with Gasteiger partial charge >= 0.3 is 6.18 Å². The number of aldehydes is 1. The zero-order valence-electron chi connectivity index (χ0n) is 28.1. The lowest BCUT2D eigenvalue weighted by molar-refractivity contribution is -0.124. The summed E-state index contributed by atoms with van der Waals surface area (Å²) in [7, 11) is 2.92. The molecule has 1 aliphatic heterocycles. The van der Waals surface area contributed by atoms with E-state index in [0.29, 0.717) is 43.0 Å². The van der Waals surface area contributed by atoms with Gasteiger partial charge in [0.1, 0.15) is 29.6 Å². The number of rotatable bonds is 8. The van der Waals surface area contributed by atoms with Gasteiger partial charge in [0.15, 0.2) is 0 Å². The number of terminal acetylenes is 1. The average Bonchev–Trinajstić information content (AvgIpc) is 3.08. The number of alkyl halides is 3. The molecule has 0 aromatic heterocycles. The standard InChI is InChI=1S/C14H20F2N2O.C13H10F2.C3H6F3N.C2H5NO.C2H2.CH2O2/c1-9-8-19-11(7-18-9)3-4-12-13(16)5-10(15)6-14(12)17-2;14-12-5-1-10(2-6-12)9-11-3-7-13(15)8-4-11;1-7-2-3(4,5)6;3-1-2-4;1-2;2-1-3/h5-6,9,11,17-18H,3-4,7-8H2,1-2H3;1-8H,9H2;7H,2H2,1H3;2H,1,3H2;1-2H;1H,(H,2,3)/t9-,11-;;;;;/m1...../s1. The van der Waals surface area contributed by atoms with Crippen LogP contribution in [0.25, 0.3) is 0 Å². The van der Waals surface area contributed by atoms with Crippen LogP contribution in [0.1, 0.15) is 30.0 Å². The highest BCUT2D eigenvalue weighted by Crippen LogP contribution is 2.23. The summed E-state index contributed by atoms with van der Waals surface area (Å²) >= 11 is 0. The third-order valence-corrected chi connectivity index (χ3v) is 6.13. The molecule has 278 valence electrons. The predicted molar refractivity (Wildman–Crippen MR) is 181 cm³/mol. The third-order valence-electron chi connectivity index (χ3n) is 6.13. The van der Waals surface area contributed by atoms with Crippen molar-refractivity contribution in [3.05, 3.63) is 101 Å². The Morgan fingerprint density at radius 3 is 1.76 bits per heavy atom. The van der Waals surface area contributed by atoms with Crippen LogP contribution in [0.3, 0.4) is 0 Å². The van der Waals surface area contributed by atoms with Gasteiger partial charge in [-0.3, -0.25) is 4.79 Å². The molecular weight excluding hydrogens is 673 g/mol. The summed E-state index contributed by atoms with van der Waals surface area (Å²) < 4.78 is 90.8. The molecule has 3 aromatic carbocycles. The second-order valence-electron chi connectivity index (χ2n) is 10.1. The Morgan fingerprint density at radius 2 is 1.42 bits per heavy atom. The summed E-state index contributed by atoms with van der Waals surface area (Å²) in [5, 5.41) is 15.0. The summed E-state index contributed by atoms with van der Waals surface area (Å²) in [5.41, 5.74) is 7.72. The number of nitrogens with two attached hydrogens (primary N) is 1. The Balaban J connectivity index is 0. The number of ether oxygens (including phenoxy) is 1. The van der Waals surface area contributed by atoms with Gasteiger partial charge in [0, 0.05) is 43.5 Å². The number of anilines is 1. The molecule has 0 saturated carbocycles. The van der Waals surface area contributed by atoms with Crippen LogP contribution in [0.15, 0.2) is 60.7 Å². The van der Waals surface area contributed by atoms with Gasteiger partial charge in [0.05, 0.1) is 19.3 Å². The van der Waals surface area contributed by atoms with Crippen LogP contribution < -0.4 is 21.7 Å². The first-order valence-corrected chi connectivity index (χ1v) is 15.0. The highest BCUT2D eigenvalue weighted by Gasteiger charge is 2.25. The summed E-state index contributed by atoms with van der Waals surface area (Å²) in [5.74, 6) is -1.53. The van der Waals surface area contributed by atoms with E-state index in [9.17, 15) is 30.7 Å². The molecule has 8 nitrogen and oxygen atoms in total. The molecule has 0 aliphatic carbocycles. The number of benzene rings is 3. The fourth-order valence-corrected chi connectivity index (χ4v) is 3.94. The molecule has 0 spiro atoms. The predicted octanol–water partition coefficient (Wildman–Crippen LogP) is 5.73. The van der Waals surface area contributed by atoms with Crippen molar-refractivity contribution in [3.8, 4) is 12.8 Å². The van der Waals surface area contributed by atoms with E-state index >= 15 is 0 Å². The molecule has 0 unspecified atom stereocenters. The van der Waals surface area contributed by atoms with E-state index in [2.05, 4.69) is 36.1 Å². The number of carboxylic acid groups (broad SMARTS) is 1. The van der Waals surface area contributed by atoms with Crippen LogP contribution in [0.4, 0.5) is 36.4 Å². The lowest BCUT2D eigenvalue weighted by Crippen LogP contribution is -2.44. The SMILES string of the molecule is C#C.CNCC(F)(F)F.CNc1cc(F)cc(F)c1CC[C@@H]1CN[C@H](C)CO1.Fc1ccc(Cc2ccc(F)cc2)cc1.NCC=O.O=CO. The first kappa shape index (κ1) is 47.6. The summed E-state index contributed by atoms with van der Waals surface area (Å²) in [6.45, 7) is 2.50. The van der Waals surface area contributed by atoms with Gasteiger partial charge in [-0.2, -0.15) is 13.2 Å². The maximum absolute atomic E-state index is 13.8. The van der Waals surface area contributed by atoms with Crippen LogP contribution in [-0.4, -0.2) is 76.5 Å². The second kappa shape index (κ2) is 28.4. The van der Waals surface area contributed by atoms with Gasteiger partial charge in [0.25, 0.3) is 6.47 Å². The Hall–Kier alpha value is -4.49. The van der Waals surface area contributed by atoms with Gasteiger partial charge in [-0.1, -0.05) is 24.3 Å². The molecule has 6 N–H and O–H groups in total. The van der Waals surface area contributed by atoms with Crippen molar-refractivity contribution in [2.24, 2.45) is 5.73 Å². The minimum Gasteiger partial charge on any atom is -0.483 e. The maximum atomic E-state index is 13.8.